The molecule has 0 saturated carbocycles. The summed E-state index contributed by atoms with van der Waals surface area (Å²) in [5, 5.41) is 6.71. The molecule has 0 saturated heterocycles. The lowest BCUT2D eigenvalue weighted by Gasteiger charge is -2.09. The highest BCUT2D eigenvalue weighted by atomic mass is 32.1. The van der Waals surface area contributed by atoms with Gasteiger partial charge in [0.25, 0.3) is 0 Å². The Morgan fingerprint density at radius 3 is 2.93 bits per heavy atom. The minimum Gasteiger partial charge on any atom is -0.317 e. The van der Waals surface area contributed by atoms with E-state index in [4.69, 9.17) is 0 Å². The standard InChI is InChI=1S/C11H20N2S/c1-4-12-6-5-9(2)7-11-8-14-10(3)13-11/h8-9,12H,4-7H2,1-3H3. The van der Waals surface area contributed by atoms with Crippen LogP contribution >= 0.6 is 11.3 Å². The molecule has 0 aliphatic carbocycles. The summed E-state index contributed by atoms with van der Waals surface area (Å²) in [7, 11) is 0. The van der Waals surface area contributed by atoms with E-state index < -0.39 is 0 Å². The van der Waals surface area contributed by atoms with Crippen molar-refractivity contribution in [3.63, 3.8) is 0 Å². The van der Waals surface area contributed by atoms with Gasteiger partial charge in [0.2, 0.25) is 0 Å². The lowest BCUT2D eigenvalue weighted by Crippen LogP contribution is -2.17. The van der Waals surface area contributed by atoms with Crippen LogP contribution in [-0.4, -0.2) is 18.1 Å². The summed E-state index contributed by atoms with van der Waals surface area (Å²) < 4.78 is 0. The fraction of sp³-hybridized carbons (Fsp3) is 0.727. The predicted molar refractivity (Wildman–Crippen MR) is 62.9 cm³/mol. The van der Waals surface area contributed by atoms with Gasteiger partial charge in [0.05, 0.1) is 10.7 Å². The zero-order valence-corrected chi connectivity index (χ0v) is 10.2. The maximum atomic E-state index is 4.48. The summed E-state index contributed by atoms with van der Waals surface area (Å²) in [5.41, 5.74) is 1.26. The number of hydrogen-bond acceptors (Lipinski definition) is 3. The van der Waals surface area contributed by atoms with Crippen molar-refractivity contribution in [1.29, 1.82) is 0 Å². The van der Waals surface area contributed by atoms with Crippen molar-refractivity contribution in [1.82, 2.24) is 10.3 Å². The number of nitrogens with zero attached hydrogens (tertiary/aromatic N) is 1. The van der Waals surface area contributed by atoms with Gasteiger partial charge in [-0.1, -0.05) is 13.8 Å². The normalized spacial score (nSPS) is 13.1. The molecule has 0 fully saturated rings. The molecule has 80 valence electrons. The zero-order valence-electron chi connectivity index (χ0n) is 9.34. The molecule has 0 spiro atoms. The number of nitrogens with one attached hydrogen (secondary N) is 1. The van der Waals surface area contributed by atoms with E-state index in [1.54, 1.807) is 11.3 Å². The van der Waals surface area contributed by atoms with Crippen LogP contribution in [0.25, 0.3) is 0 Å². The summed E-state index contributed by atoms with van der Waals surface area (Å²) >= 11 is 1.75. The number of hydrogen-bond donors (Lipinski definition) is 1. The first kappa shape index (κ1) is 11.7. The van der Waals surface area contributed by atoms with Crippen molar-refractivity contribution in [3.8, 4) is 0 Å². The molecular formula is C11H20N2S. The molecular weight excluding hydrogens is 192 g/mol. The summed E-state index contributed by atoms with van der Waals surface area (Å²) in [6, 6.07) is 0. The highest BCUT2D eigenvalue weighted by molar-refractivity contribution is 7.09. The van der Waals surface area contributed by atoms with Crippen LogP contribution in [-0.2, 0) is 6.42 Å². The van der Waals surface area contributed by atoms with Crippen LogP contribution in [0.3, 0.4) is 0 Å². The van der Waals surface area contributed by atoms with Gasteiger partial charge in [-0.15, -0.1) is 11.3 Å². The maximum Gasteiger partial charge on any atom is 0.0897 e. The van der Waals surface area contributed by atoms with Crippen molar-refractivity contribution < 1.29 is 0 Å². The van der Waals surface area contributed by atoms with Crippen LogP contribution in [0, 0.1) is 12.8 Å². The van der Waals surface area contributed by atoms with E-state index in [2.05, 4.69) is 36.5 Å². The van der Waals surface area contributed by atoms with Crippen LogP contribution in [0.2, 0.25) is 0 Å². The van der Waals surface area contributed by atoms with Crippen molar-refractivity contribution in [2.24, 2.45) is 5.92 Å². The first-order chi connectivity index (χ1) is 6.72. The smallest absolute Gasteiger partial charge is 0.0897 e. The van der Waals surface area contributed by atoms with Gasteiger partial charge in [-0.2, -0.15) is 0 Å². The Hall–Kier alpha value is -0.410. The first-order valence-corrected chi connectivity index (χ1v) is 6.22. The van der Waals surface area contributed by atoms with Gasteiger partial charge in [0, 0.05) is 5.38 Å². The number of aromatic nitrogens is 1. The van der Waals surface area contributed by atoms with Gasteiger partial charge < -0.3 is 5.32 Å². The predicted octanol–water partition coefficient (Wildman–Crippen LogP) is 2.63. The quantitative estimate of drug-likeness (QED) is 0.733. The van der Waals surface area contributed by atoms with Gasteiger partial charge in [0.15, 0.2) is 0 Å². The minimum absolute atomic E-state index is 0.732. The molecule has 14 heavy (non-hydrogen) atoms. The summed E-state index contributed by atoms with van der Waals surface area (Å²) in [6.45, 7) is 8.71. The molecule has 3 heteroatoms. The third-order valence-electron chi connectivity index (χ3n) is 2.29. The molecule has 0 aliphatic rings. The average Bonchev–Trinajstić information content (AvgIpc) is 2.52. The molecule has 0 amide bonds. The fourth-order valence-electron chi connectivity index (χ4n) is 1.49. The SMILES string of the molecule is CCNCCC(C)Cc1csc(C)n1. The lowest BCUT2D eigenvalue weighted by atomic mass is 10.0. The van der Waals surface area contributed by atoms with Crippen molar-refractivity contribution in [2.75, 3.05) is 13.1 Å². The van der Waals surface area contributed by atoms with E-state index in [0.717, 1.165) is 25.4 Å². The maximum absolute atomic E-state index is 4.48. The molecule has 1 atom stereocenters. The highest BCUT2D eigenvalue weighted by Gasteiger charge is 2.05. The lowest BCUT2D eigenvalue weighted by molar-refractivity contribution is 0.500. The second kappa shape index (κ2) is 6.14. The second-order valence-electron chi connectivity index (χ2n) is 3.81. The van der Waals surface area contributed by atoms with Gasteiger partial charge in [-0.3, -0.25) is 0 Å². The van der Waals surface area contributed by atoms with Crippen molar-refractivity contribution in [3.05, 3.63) is 16.1 Å². The molecule has 2 nitrogen and oxygen atoms in total. The second-order valence-corrected chi connectivity index (χ2v) is 4.87. The molecule has 1 aromatic rings. The fourth-order valence-corrected chi connectivity index (χ4v) is 2.11. The topological polar surface area (TPSA) is 24.9 Å². The number of rotatable bonds is 6. The van der Waals surface area contributed by atoms with Crippen LogP contribution in [0.4, 0.5) is 0 Å². The number of aryl methyl sites for hydroxylation is 1. The van der Waals surface area contributed by atoms with Crippen LogP contribution in [0.15, 0.2) is 5.38 Å². The molecule has 0 aliphatic heterocycles. The molecule has 1 unspecified atom stereocenters. The van der Waals surface area contributed by atoms with E-state index in [9.17, 15) is 0 Å². The van der Waals surface area contributed by atoms with Gasteiger partial charge in [0.1, 0.15) is 0 Å². The summed E-state index contributed by atoms with van der Waals surface area (Å²) in [6.07, 6.45) is 2.36. The van der Waals surface area contributed by atoms with Gasteiger partial charge >= 0.3 is 0 Å². The van der Waals surface area contributed by atoms with E-state index in [1.165, 1.54) is 17.1 Å². The van der Waals surface area contributed by atoms with E-state index in [-0.39, 0.29) is 0 Å². The Balaban J connectivity index is 2.23. The van der Waals surface area contributed by atoms with Crippen LogP contribution < -0.4 is 5.32 Å². The molecule has 0 bridgehead atoms. The molecule has 0 aromatic carbocycles. The summed E-state index contributed by atoms with van der Waals surface area (Å²) in [5.74, 6) is 0.732. The average molecular weight is 212 g/mol. The van der Waals surface area contributed by atoms with Crippen molar-refractivity contribution >= 4 is 11.3 Å². The van der Waals surface area contributed by atoms with Crippen LogP contribution in [0.1, 0.15) is 31.0 Å². The molecule has 1 N–H and O–H groups in total. The molecule has 1 heterocycles. The van der Waals surface area contributed by atoms with E-state index in [0.29, 0.717) is 0 Å². The van der Waals surface area contributed by atoms with E-state index >= 15 is 0 Å². The van der Waals surface area contributed by atoms with Gasteiger partial charge in [-0.05, 0) is 38.8 Å². The zero-order chi connectivity index (χ0) is 10.4. The molecule has 1 aromatic heterocycles. The monoisotopic (exact) mass is 212 g/mol. The minimum atomic E-state index is 0.732. The number of thiazole rings is 1. The molecule has 1 rings (SSSR count). The Bertz CT molecular complexity index is 258. The Kier molecular flexibility index (Phi) is 5.12. The van der Waals surface area contributed by atoms with Crippen LogP contribution in [0.5, 0.6) is 0 Å². The Morgan fingerprint density at radius 2 is 2.36 bits per heavy atom. The highest BCUT2D eigenvalue weighted by Crippen LogP contribution is 2.14. The third-order valence-corrected chi connectivity index (χ3v) is 3.11. The Morgan fingerprint density at radius 1 is 1.57 bits per heavy atom. The largest absolute Gasteiger partial charge is 0.317 e. The van der Waals surface area contributed by atoms with E-state index in [1.807, 2.05) is 0 Å². The first-order valence-electron chi connectivity index (χ1n) is 5.34. The summed E-state index contributed by atoms with van der Waals surface area (Å²) in [4.78, 5) is 4.48. The Labute approximate surface area is 90.8 Å². The van der Waals surface area contributed by atoms with Crippen molar-refractivity contribution in [2.45, 2.75) is 33.6 Å². The van der Waals surface area contributed by atoms with Gasteiger partial charge in [-0.25, -0.2) is 4.98 Å². The molecule has 0 radical (unpaired) electrons. The third kappa shape index (κ3) is 4.20.